The van der Waals surface area contributed by atoms with Gasteiger partial charge < -0.3 is 5.32 Å². The van der Waals surface area contributed by atoms with E-state index in [4.69, 9.17) is 23.2 Å². The average Bonchev–Trinajstić information content (AvgIpc) is 2.65. The summed E-state index contributed by atoms with van der Waals surface area (Å²) in [6.07, 6.45) is 0. The third-order valence-electron chi connectivity index (χ3n) is 3.70. The quantitative estimate of drug-likeness (QED) is 0.406. The van der Waals surface area contributed by atoms with Crippen molar-refractivity contribution in [2.45, 2.75) is 4.90 Å². The summed E-state index contributed by atoms with van der Waals surface area (Å²) in [5.74, 6) is -0.488. The number of anilines is 2. The Balaban J connectivity index is 1.91. The van der Waals surface area contributed by atoms with E-state index in [1.165, 1.54) is 42.5 Å². The maximum absolute atomic E-state index is 12.7. The van der Waals surface area contributed by atoms with Crippen LogP contribution in [0.5, 0.6) is 0 Å². The Hall–Kier alpha value is -1.81. The lowest BCUT2D eigenvalue weighted by Crippen LogP contribution is -2.18. The molecule has 0 spiro atoms. The van der Waals surface area contributed by atoms with Crippen molar-refractivity contribution >= 4 is 73.1 Å². The van der Waals surface area contributed by atoms with Crippen LogP contribution in [0.3, 0.4) is 0 Å². The normalized spacial score (nSPS) is 11.1. The highest BCUT2D eigenvalue weighted by Crippen LogP contribution is 2.25. The lowest BCUT2D eigenvalue weighted by molar-refractivity contribution is 0.102. The lowest BCUT2D eigenvalue weighted by Gasteiger charge is -2.13. The van der Waals surface area contributed by atoms with Gasteiger partial charge in [0.25, 0.3) is 15.9 Å². The summed E-state index contributed by atoms with van der Waals surface area (Å²) in [6, 6.07) is 17.3. The van der Waals surface area contributed by atoms with Crippen LogP contribution in [0.25, 0.3) is 0 Å². The Morgan fingerprint density at radius 3 is 2.11 bits per heavy atom. The van der Waals surface area contributed by atoms with Crippen LogP contribution in [0.1, 0.15) is 10.4 Å². The van der Waals surface area contributed by atoms with Gasteiger partial charge in [0.2, 0.25) is 0 Å². The molecule has 0 fully saturated rings. The maximum Gasteiger partial charge on any atom is 0.261 e. The van der Waals surface area contributed by atoms with Crippen LogP contribution < -0.4 is 10.0 Å². The van der Waals surface area contributed by atoms with E-state index in [0.717, 1.165) is 3.57 Å². The Bertz CT molecular complexity index is 1120. The minimum Gasteiger partial charge on any atom is -0.322 e. The van der Waals surface area contributed by atoms with Crippen LogP contribution in [0.4, 0.5) is 11.4 Å². The van der Waals surface area contributed by atoms with Gasteiger partial charge in [0, 0.05) is 19.3 Å². The van der Waals surface area contributed by atoms with Crippen LogP contribution in [0, 0.1) is 3.57 Å². The number of halogens is 3. The molecule has 0 aromatic heterocycles. The minimum atomic E-state index is -3.91. The van der Waals surface area contributed by atoms with Gasteiger partial charge in [-0.05, 0) is 89.3 Å². The molecule has 0 unspecified atom stereocenters. The van der Waals surface area contributed by atoms with Gasteiger partial charge in [-0.2, -0.15) is 0 Å². The number of hydrogen-bond donors (Lipinski definition) is 2. The summed E-state index contributed by atoms with van der Waals surface area (Å²) >= 11 is 14.0. The fourth-order valence-corrected chi connectivity index (χ4v) is 4.08. The number of hydrogen-bond acceptors (Lipinski definition) is 3. The first-order chi connectivity index (χ1) is 13.2. The summed E-state index contributed by atoms with van der Waals surface area (Å²) in [4.78, 5) is 12.7. The molecule has 0 heterocycles. The summed E-state index contributed by atoms with van der Waals surface area (Å²) in [5.41, 5.74) is 0.794. The molecule has 3 aromatic carbocycles. The summed E-state index contributed by atoms with van der Waals surface area (Å²) in [7, 11) is -3.91. The average molecular weight is 547 g/mol. The number of carbonyl (C=O) groups excluding carboxylic acids is 1. The number of carbonyl (C=O) groups is 1. The zero-order chi connectivity index (χ0) is 20.3. The van der Waals surface area contributed by atoms with E-state index in [-0.39, 0.29) is 16.1 Å². The standard InChI is InChI=1S/C19H13Cl2IN2O3S/c20-12-1-8-16(9-2-12)28(26,27)24-18-10-3-13(21)11-17(18)19(25)23-15-6-4-14(22)5-7-15/h1-11,24H,(H,23,25). The lowest BCUT2D eigenvalue weighted by atomic mass is 10.1. The van der Waals surface area contributed by atoms with Crippen molar-refractivity contribution in [1.29, 1.82) is 0 Å². The zero-order valence-electron chi connectivity index (χ0n) is 14.1. The van der Waals surface area contributed by atoms with Gasteiger partial charge in [0.1, 0.15) is 0 Å². The molecule has 0 aliphatic rings. The summed E-state index contributed by atoms with van der Waals surface area (Å²) in [6.45, 7) is 0. The van der Waals surface area contributed by atoms with E-state index in [0.29, 0.717) is 15.7 Å². The van der Waals surface area contributed by atoms with E-state index >= 15 is 0 Å². The van der Waals surface area contributed by atoms with Crippen molar-refractivity contribution in [3.63, 3.8) is 0 Å². The predicted octanol–water partition coefficient (Wildman–Crippen LogP) is 5.65. The van der Waals surface area contributed by atoms with E-state index in [2.05, 4.69) is 32.6 Å². The smallest absolute Gasteiger partial charge is 0.261 e. The minimum absolute atomic E-state index is 0.0239. The van der Waals surface area contributed by atoms with Gasteiger partial charge in [-0.1, -0.05) is 23.2 Å². The molecule has 28 heavy (non-hydrogen) atoms. The number of sulfonamides is 1. The van der Waals surface area contributed by atoms with Crippen molar-refractivity contribution in [3.8, 4) is 0 Å². The Kier molecular flexibility index (Phi) is 6.49. The van der Waals surface area contributed by atoms with Crippen molar-refractivity contribution in [2.24, 2.45) is 0 Å². The molecule has 3 aromatic rings. The highest BCUT2D eigenvalue weighted by molar-refractivity contribution is 14.1. The molecular formula is C19H13Cl2IN2O3S. The Morgan fingerprint density at radius 1 is 0.857 bits per heavy atom. The first-order valence-electron chi connectivity index (χ1n) is 7.89. The first kappa shape index (κ1) is 20.9. The third kappa shape index (κ3) is 5.16. The fourth-order valence-electron chi connectivity index (χ4n) is 2.34. The molecule has 9 heteroatoms. The SMILES string of the molecule is O=C(Nc1ccc(I)cc1)c1cc(Cl)ccc1NS(=O)(=O)c1ccc(Cl)cc1. The van der Waals surface area contributed by atoms with Crippen LogP contribution in [0.15, 0.2) is 71.6 Å². The summed E-state index contributed by atoms with van der Waals surface area (Å²) in [5, 5.41) is 3.46. The van der Waals surface area contributed by atoms with Crippen molar-refractivity contribution in [2.75, 3.05) is 10.0 Å². The van der Waals surface area contributed by atoms with E-state index < -0.39 is 15.9 Å². The molecule has 0 bridgehead atoms. The van der Waals surface area contributed by atoms with Crippen LogP contribution in [0.2, 0.25) is 10.0 Å². The van der Waals surface area contributed by atoms with E-state index in [1.54, 1.807) is 12.1 Å². The van der Waals surface area contributed by atoms with Gasteiger partial charge >= 0.3 is 0 Å². The van der Waals surface area contributed by atoms with Crippen molar-refractivity contribution in [1.82, 2.24) is 0 Å². The van der Waals surface area contributed by atoms with Crippen LogP contribution in [-0.4, -0.2) is 14.3 Å². The second-order valence-corrected chi connectivity index (χ2v) is 9.51. The van der Waals surface area contributed by atoms with Crippen LogP contribution >= 0.6 is 45.8 Å². The second kappa shape index (κ2) is 8.69. The fraction of sp³-hybridized carbons (Fsp3) is 0. The third-order valence-corrected chi connectivity index (χ3v) is 6.28. The summed E-state index contributed by atoms with van der Waals surface area (Å²) < 4.78 is 28.8. The van der Waals surface area contributed by atoms with Crippen molar-refractivity contribution in [3.05, 3.63) is 85.9 Å². The van der Waals surface area contributed by atoms with Gasteiger partial charge in [0.05, 0.1) is 16.1 Å². The number of benzene rings is 3. The first-order valence-corrected chi connectivity index (χ1v) is 11.2. The van der Waals surface area contributed by atoms with Crippen molar-refractivity contribution < 1.29 is 13.2 Å². The molecule has 3 rings (SSSR count). The maximum atomic E-state index is 12.7. The molecule has 1 amide bonds. The van der Waals surface area contributed by atoms with Gasteiger partial charge in [0.15, 0.2) is 0 Å². The molecule has 5 nitrogen and oxygen atoms in total. The molecule has 144 valence electrons. The molecule has 0 radical (unpaired) electrons. The van der Waals surface area contributed by atoms with E-state index in [1.807, 2.05) is 12.1 Å². The monoisotopic (exact) mass is 546 g/mol. The molecule has 0 aliphatic heterocycles. The molecule has 0 saturated heterocycles. The number of amides is 1. The Labute approximate surface area is 186 Å². The Morgan fingerprint density at radius 2 is 1.46 bits per heavy atom. The molecular weight excluding hydrogens is 534 g/mol. The zero-order valence-corrected chi connectivity index (χ0v) is 18.6. The molecule has 0 saturated carbocycles. The largest absolute Gasteiger partial charge is 0.322 e. The second-order valence-electron chi connectivity index (χ2n) is 5.71. The highest BCUT2D eigenvalue weighted by atomic mass is 127. The molecule has 0 atom stereocenters. The van der Waals surface area contributed by atoms with Gasteiger partial charge in [-0.3, -0.25) is 9.52 Å². The molecule has 0 aliphatic carbocycles. The molecule has 2 N–H and O–H groups in total. The van der Waals surface area contributed by atoms with E-state index in [9.17, 15) is 13.2 Å². The number of rotatable bonds is 5. The van der Waals surface area contributed by atoms with Gasteiger partial charge in [-0.15, -0.1) is 0 Å². The highest BCUT2D eigenvalue weighted by Gasteiger charge is 2.19. The number of nitrogens with one attached hydrogen (secondary N) is 2. The topological polar surface area (TPSA) is 75.3 Å². The predicted molar refractivity (Wildman–Crippen MR) is 121 cm³/mol. The van der Waals surface area contributed by atoms with Crippen LogP contribution in [-0.2, 0) is 10.0 Å². The van der Waals surface area contributed by atoms with Gasteiger partial charge in [-0.25, -0.2) is 8.42 Å².